The highest BCUT2D eigenvalue weighted by Crippen LogP contribution is 2.18. The summed E-state index contributed by atoms with van der Waals surface area (Å²) in [7, 11) is 0. The maximum absolute atomic E-state index is 8.72. The molecule has 0 saturated heterocycles. The molecule has 0 amide bonds. The number of aromatic nitrogens is 2. The Hall–Kier alpha value is -2.21. The minimum absolute atomic E-state index is 0.576. The molecule has 0 saturated carbocycles. The van der Waals surface area contributed by atoms with Crippen LogP contribution >= 0.6 is 0 Å². The van der Waals surface area contributed by atoms with Crippen molar-refractivity contribution in [1.29, 1.82) is 5.26 Å². The summed E-state index contributed by atoms with van der Waals surface area (Å²) in [6.45, 7) is 1.93. The predicted molar refractivity (Wildman–Crippen MR) is 56.9 cm³/mol. The number of hydrogen-bond donors (Lipinski definition) is 0. The van der Waals surface area contributed by atoms with Gasteiger partial charge in [0.15, 0.2) is 0 Å². The fourth-order valence-corrected chi connectivity index (χ4v) is 1.41. The van der Waals surface area contributed by atoms with Crippen molar-refractivity contribution in [3.63, 3.8) is 0 Å². The number of nitrogens with zero attached hydrogens (tertiary/aromatic N) is 3. The largest absolute Gasteiger partial charge is 0.255 e. The van der Waals surface area contributed by atoms with Gasteiger partial charge in [0.05, 0.1) is 17.0 Å². The van der Waals surface area contributed by atoms with Gasteiger partial charge in [0.2, 0.25) is 0 Å². The molecule has 2 aromatic heterocycles. The summed E-state index contributed by atoms with van der Waals surface area (Å²) < 4.78 is 0. The van der Waals surface area contributed by atoms with Crippen molar-refractivity contribution in [3.05, 3.63) is 47.8 Å². The van der Waals surface area contributed by atoms with Crippen LogP contribution in [0.1, 0.15) is 11.1 Å². The third-order valence-electron chi connectivity index (χ3n) is 2.11. The molecular weight excluding hydrogens is 186 g/mol. The highest BCUT2D eigenvalue weighted by Gasteiger charge is 2.04. The van der Waals surface area contributed by atoms with Crippen LogP contribution in [-0.2, 0) is 0 Å². The molecule has 0 spiro atoms. The number of hydrogen-bond acceptors (Lipinski definition) is 3. The van der Waals surface area contributed by atoms with Crippen LogP contribution in [0.15, 0.2) is 36.7 Å². The number of rotatable bonds is 1. The summed E-state index contributed by atoms with van der Waals surface area (Å²) >= 11 is 0. The average Bonchev–Trinajstić information content (AvgIpc) is 2.30. The molecule has 2 heterocycles. The Labute approximate surface area is 88.1 Å². The Morgan fingerprint density at radius 1 is 1.27 bits per heavy atom. The molecule has 0 atom stereocenters. The normalized spacial score (nSPS) is 9.60. The monoisotopic (exact) mass is 195 g/mol. The first kappa shape index (κ1) is 9.35. The first-order valence-electron chi connectivity index (χ1n) is 4.59. The van der Waals surface area contributed by atoms with E-state index >= 15 is 0 Å². The molecule has 0 aliphatic rings. The minimum atomic E-state index is 0.576. The standard InChI is InChI=1S/C12H9N3/c1-9-6-10(7-13)8-15-12(9)11-4-2-3-5-14-11/h2-6,8H,1H3. The molecular formula is C12H9N3. The third-order valence-corrected chi connectivity index (χ3v) is 2.11. The van der Waals surface area contributed by atoms with Crippen molar-refractivity contribution in [2.24, 2.45) is 0 Å². The maximum Gasteiger partial charge on any atom is 0.101 e. The van der Waals surface area contributed by atoms with E-state index in [0.717, 1.165) is 17.0 Å². The van der Waals surface area contributed by atoms with Gasteiger partial charge in [-0.25, -0.2) is 0 Å². The van der Waals surface area contributed by atoms with Gasteiger partial charge in [0.25, 0.3) is 0 Å². The van der Waals surface area contributed by atoms with E-state index in [1.807, 2.05) is 31.2 Å². The second-order valence-electron chi connectivity index (χ2n) is 3.22. The molecule has 0 N–H and O–H groups in total. The first-order valence-corrected chi connectivity index (χ1v) is 4.59. The lowest BCUT2D eigenvalue weighted by Crippen LogP contribution is -1.91. The van der Waals surface area contributed by atoms with E-state index in [9.17, 15) is 0 Å². The van der Waals surface area contributed by atoms with Gasteiger partial charge in [-0.1, -0.05) is 6.07 Å². The second kappa shape index (κ2) is 3.89. The summed E-state index contributed by atoms with van der Waals surface area (Å²) in [5.41, 5.74) is 3.20. The lowest BCUT2D eigenvalue weighted by Gasteiger charge is -2.03. The third kappa shape index (κ3) is 1.84. The van der Waals surface area contributed by atoms with E-state index < -0.39 is 0 Å². The van der Waals surface area contributed by atoms with Gasteiger partial charge in [-0.05, 0) is 30.7 Å². The number of nitriles is 1. The number of aryl methyl sites for hydroxylation is 1. The van der Waals surface area contributed by atoms with Crippen molar-refractivity contribution in [1.82, 2.24) is 9.97 Å². The summed E-state index contributed by atoms with van der Waals surface area (Å²) in [4.78, 5) is 8.45. The fraction of sp³-hybridized carbons (Fsp3) is 0.0833. The molecule has 2 aromatic rings. The molecule has 0 aliphatic heterocycles. The Balaban J connectivity index is 2.52. The summed E-state index contributed by atoms with van der Waals surface area (Å²) in [6, 6.07) is 9.57. The molecule has 0 aliphatic carbocycles. The van der Waals surface area contributed by atoms with E-state index in [1.165, 1.54) is 0 Å². The number of pyridine rings is 2. The lowest BCUT2D eigenvalue weighted by atomic mass is 10.1. The van der Waals surface area contributed by atoms with Gasteiger partial charge >= 0.3 is 0 Å². The quantitative estimate of drug-likeness (QED) is 0.701. The zero-order chi connectivity index (χ0) is 10.7. The van der Waals surface area contributed by atoms with Gasteiger partial charge in [0, 0.05) is 12.4 Å². The fourth-order valence-electron chi connectivity index (χ4n) is 1.41. The molecule has 0 fully saturated rings. The van der Waals surface area contributed by atoms with E-state index in [4.69, 9.17) is 5.26 Å². The SMILES string of the molecule is Cc1cc(C#N)cnc1-c1ccccn1. The van der Waals surface area contributed by atoms with Crippen LogP contribution in [0.5, 0.6) is 0 Å². The van der Waals surface area contributed by atoms with Gasteiger partial charge < -0.3 is 0 Å². The summed E-state index contributed by atoms with van der Waals surface area (Å²) in [6.07, 6.45) is 3.30. The van der Waals surface area contributed by atoms with Crippen molar-refractivity contribution < 1.29 is 0 Å². The molecule has 3 heteroatoms. The van der Waals surface area contributed by atoms with Crippen LogP contribution in [0.2, 0.25) is 0 Å². The van der Waals surface area contributed by atoms with E-state index in [2.05, 4.69) is 16.0 Å². The highest BCUT2D eigenvalue weighted by atomic mass is 14.8. The minimum Gasteiger partial charge on any atom is -0.255 e. The topological polar surface area (TPSA) is 49.6 Å². The molecule has 0 aromatic carbocycles. The predicted octanol–water partition coefficient (Wildman–Crippen LogP) is 2.32. The maximum atomic E-state index is 8.72. The molecule has 3 nitrogen and oxygen atoms in total. The Kier molecular flexibility index (Phi) is 2.42. The van der Waals surface area contributed by atoms with Crippen LogP contribution in [0.25, 0.3) is 11.4 Å². The van der Waals surface area contributed by atoms with E-state index in [-0.39, 0.29) is 0 Å². The van der Waals surface area contributed by atoms with Gasteiger partial charge in [-0.15, -0.1) is 0 Å². The average molecular weight is 195 g/mol. The molecule has 0 bridgehead atoms. The molecule has 15 heavy (non-hydrogen) atoms. The van der Waals surface area contributed by atoms with Crippen LogP contribution < -0.4 is 0 Å². The molecule has 72 valence electrons. The molecule has 0 radical (unpaired) electrons. The smallest absolute Gasteiger partial charge is 0.101 e. The summed E-state index contributed by atoms with van der Waals surface area (Å²) in [5, 5.41) is 8.72. The van der Waals surface area contributed by atoms with Crippen LogP contribution in [0.3, 0.4) is 0 Å². The van der Waals surface area contributed by atoms with E-state index in [0.29, 0.717) is 5.56 Å². The Bertz CT molecular complexity index is 512. The first-order chi connectivity index (χ1) is 7.31. The van der Waals surface area contributed by atoms with Crippen molar-refractivity contribution in [2.45, 2.75) is 6.92 Å². The van der Waals surface area contributed by atoms with Crippen molar-refractivity contribution in [2.75, 3.05) is 0 Å². The van der Waals surface area contributed by atoms with Crippen LogP contribution in [0.4, 0.5) is 0 Å². The second-order valence-corrected chi connectivity index (χ2v) is 3.22. The lowest BCUT2D eigenvalue weighted by molar-refractivity contribution is 1.20. The zero-order valence-electron chi connectivity index (χ0n) is 8.31. The summed E-state index contributed by atoms with van der Waals surface area (Å²) in [5.74, 6) is 0. The highest BCUT2D eigenvalue weighted by molar-refractivity contribution is 5.59. The van der Waals surface area contributed by atoms with Gasteiger partial charge in [-0.3, -0.25) is 9.97 Å². The Morgan fingerprint density at radius 3 is 2.73 bits per heavy atom. The van der Waals surface area contributed by atoms with Crippen LogP contribution in [-0.4, -0.2) is 9.97 Å². The molecule has 0 unspecified atom stereocenters. The Morgan fingerprint density at radius 2 is 2.13 bits per heavy atom. The molecule has 2 rings (SSSR count). The van der Waals surface area contributed by atoms with Crippen LogP contribution in [0, 0.1) is 18.3 Å². The van der Waals surface area contributed by atoms with E-state index in [1.54, 1.807) is 12.4 Å². The van der Waals surface area contributed by atoms with Crippen molar-refractivity contribution in [3.8, 4) is 17.5 Å². The van der Waals surface area contributed by atoms with Gasteiger partial charge in [0.1, 0.15) is 6.07 Å². The zero-order valence-corrected chi connectivity index (χ0v) is 8.31. The van der Waals surface area contributed by atoms with Crippen molar-refractivity contribution >= 4 is 0 Å². The van der Waals surface area contributed by atoms with Gasteiger partial charge in [-0.2, -0.15) is 5.26 Å².